The second-order valence-electron chi connectivity index (χ2n) is 5.01. The van der Waals surface area contributed by atoms with Gasteiger partial charge in [0.1, 0.15) is 5.75 Å². The average molecular weight is 270 g/mol. The number of ether oxygens (including phenoxy) is 1. The molecule has 1 aliphatic heterocycles. The fourth-order valence-electron chi connectivity index (χ4n) is 2.52. The zero-order valence-corrected chi connectivity index (χ0v) is 11.3. The molecular formula is C14H20F2N2O. The van der Waals surface area contributed by atoms with E-state index in [1.165, 1.54) is 0 Å². The van der Waals surface area contributed by atoms with E-state index >= 15 is 0 Å². The molecule has 5 heteroatoms. The molecule has 0 spiro atoms. The zero-order chi connectivity index (χ0) is 13.8. The van der Waals surface area contributed by atoms with Gasteiger partial charge in [-0.2, -0.15) is 8.78 Å². The monoisotopic (exact) mass is 270 g/mol. The molecule has 1 aromatic carbocycles. The van der Waals surface area contributed by atoms with Crippen molar-refractivity contribution in [3.05, 3.63) is 29.8 Å². The minimum atomic E-state index is -2.78. The molecule has 3 nitrogen and oxygen atoms in total. The van der Waals surface area contributed by atoms with Crippen LogP contribution in [0.25, 0.3) is 0 Å². The minimum Gasteiger partial charge on any atom is -0.434 e. The standard InChI is InChI=1S/C14H20F2N2O/c1-10-7-17-8-11(2)18(10)9-12-5-3-4-6-13(12)19-14(15)16/h3-6,10-11,14,17H,7-9H2,1-2H3. The summed E-state index contributed by atoms with van der Waals surface area (Å²) in [7, 11) is 0. The first-order chi connectivity index (χ1) is 9.08. The van der Waals surface area contributed by atoms with Gasteiger partial charge in [0.15, 0.2) is 0 Å². The lowest BCUT2D eigenvalue weighted by Crippen LogP contribution is -2.54. The van der Waals surface area contributed by atoms with Gasteiger partial charge in [-0.3, -0.25) is 4.90 Å². The second kappa shape index (κ2) is 6.30. The Morgan fingerprint density at radius 2 is 1.89 bits per heavy atom. The summed E-state index contributed by atoms with van der Waals surface area (Å²) in [5, 5.41) is 3.35. The van der Waals surface area contributed by atoms with E-state index in [9.17, 15) is 8.78 Å². The number of alkyl halides is 2. The predicted octanol–water partition coefficient (Wildman–Crippen LogP) is 2.47. The molecular weight excluding hydrogens is 250 g/mol. The van der Waals surface area contributed by atoms with E-state index < -0.39 is 6.61 Å². The van der Waals surface area contributed by atoms with Crippen LogP contribution in [0.3, 0.4) is 0 Å². The first-order valence-electron chi connectivity index (χ1n) is 6.57. The molecule has 0 aromatic heterocycles. The van der Waals surface area contributed by atoms with Gasteiger partial charge in [0.25, 0.3) is 0 Å². The van der Waals surface area contributed by atoms with Gasteiger partial charge < -0.3 is 10.1 Å². The molecule has 0 radical (unpaired) electrons. The molecule has 1 heterocycles. The fraction of sp³-hybridized carbons (Fsp3) is 0.571. The summed E-state index contributed by atoms with van der Waals surface area (Å²) in [6.07, 6.45) is 0. The van der Waals surface area contributed by atoms with E-state index in [1.807, 2.05) is 12.1 Å². The van der Waals surface area contributed by atoms with Crippen molar-refractivity contribution in [1.29, 1.82) is 0 Å². The molecule has 2 atom stereocenters. The van der Waals surface area contributed by atoms with Crippen LogP contribution in [0.5, 0.6) is 5.75 Å². The van der Waals surface area contributed by atoms with Crippen molar-refractivity contribution in [2.24, 2.45) is 0 Å². The molecule has 2 rings (SSSR count). The highest BCUT2D eigenvalue weighted by Gasteiger charge is 2.25. The smallest absolute Gasteiger partial charge is 0.387 e. The second-order valence-corrected chi connectivity index (χ2v) is 5.01. The molecule has 0 bridgehead atoms. The molecule has 1 N–H and O–H groups in total. The summed E-state index contributed by atoms with van der Waals surface area (Å²) >= 11 is 0. The van der Waals surface area contributed by atoms with Gasteiger partial charge in [-0.05, 0) is 19.9 Å². The Morgan fingerprint density at radius 3 is 2.53 bits per heavy atom. The number of rotatable bonds is 4. The number of halogens is 2. The number of nitrogens with zero attached hydrogens (tertiary/aromatic N) is 1. The predicted molar refractivity (Wildman–Crippen MR) is 70.4 cm³/mol. The van der Waals surface area contributed by atoms with Crippen molar-refractivity contribution < 1.29 is 13.5 Å². The van der Waals surface area contributed by atoms with Crippen LogP contribution in [0, 0.1) is 0 Å². The van der Waals surface area contributed by atoms with Gasteiger partial charge in [0, 0.05) is 37.3 Å². The molecule has 0 amide bonds. The Hall–Kier alpha value is -1.20. The molecule has 0 aliphatic carbocycles. The van der Waals surface area contributed by atoms with Crippen molar-refractivity contribution in [2.45, 2.75) is 39.1 Å². The molecule has 19 heavy (non-hydrogen) atoms. The van der Waals surface area contributed by atoms with Crippen molar-refractivity contribution in [3.63, 3.8) is 0 Å². The molecule has 106 valence electrons. The lowest BCUT2D eigenvalue weighted by atomic mass is 10.1. The number of nitrogens with one attached hydrogen (secondary N) is 1. The van der Waals surface area contributed by atoms with E-state index in [4.69, 9.17) is 0 Å². The van der Waals surface area contributed by atoms with Crippen LogP contribution in [0.1, 0.15) is 19.4 Å². The van der Waals surface area contributed by atoms with Crippen LogP contribution in [0.15, 0.2) is 24.3 Å². The topological polar surface area (TPSA) is 24.5 Å². The lowest BCUT2D eigenvalue weighted by Gasteiger charge is -2.39. The Balaban J connectivity index is 2.13. The Labute approximate surface area is 112 Å². The maximum Gasteiger partial charge on any atom is 0.387 e. The summed E-state index contributed by atoms with van der Waals surface area (Å²) in [4.78, 5) is 2.31. The van der Waals surface area contributed by atoms with Gasteiger partial charge in [-0.25, -0.2) is 0 Å². The number of hydrogen-bond donors (Lipinski definition) is 1. The average Bonchev–Trinajstić information content (AvgIpc) is 2.35. The van der Waals surface area contributed by atoms with Gasteiger partial charge in [0.05, 0.1) is 0 Å². The molecule has 1 aromatic rings. The highest BCUT2D eigenvalue weighted by Crippen LogP contribution is 2.24. The van der Waals surface area contributed by atoms with Gasteiger partial charge in [0.2, 0.25) is 0 Å². The van der Waals surface area contributed by atoms with E-state index in [0.29, 0.717) is 18.6 Å². The molecule has 2 unspecified atom stereocenters. The van der Waals surface area contributed by atoms with Gasteiger partial charge in [-0.1, -0.05) is 18.2 Å². The quantitative estimate of drug-likeness (QED) is 0.909. The third-order valence-corrected chi connectivity index (χ3v) is 3.55. The van der Waals surface area contributed by atoms with Crippen LogP contribution in [0.4, 0.5) is 8.78 Å². The molecule has 1 fully saturated rings. The highest BCUT2D eigenvalue weighted by atomic mass is 19.3. The van der Waals surface area contributed by atoms with Gasteiger partial charge >= 0.3 is 6.61 Å². The maximum absolute atomic E-state index is 12.4. The summed E-state index contributed by atoms with van der Waals surface area (Å²) in [6.45, 7) is 3.97. The minimum absolute atomic E-state index is 0.274. The third kappa shape index (κ3) is 3.64. The summed E-state index contributed by atoms with van der Waals surface area (Å²) in [5.74, 6) is 0.274. The maximum atomic E-state index is 12.4. The van der Waals surface area contributed by atoms with Crippen LogP contribution < -0.4 is 10.1 Å². The Morgan fingerprint density at radius 1 is 1.26 bits per heavy atom. The number of piperazine rings is 1. The normalized spacial score (nSPS) is 24.7. The summed E-state index contributed by atoms with van der Waals surface area (Å²) < 4.78 is 29.4. The largest absolute Gasteiger partial charge is 0.434 e. The summed E-state index contributed by atoms with van der Waals surface area (Å²) in [5.41, 5.74) is 0.809. The Bertz CT molecular complexity index is 404. The molecule has 1 saturated heterocycles. The van der Waals surface area contributed by atoms with Crippen LogP contribution in [-0.2, 0) is 6.54 Å². The van der Waals surface area contributed by atoms with E-state index in [1.54, 1.807) is 12.1 Å². The number of hydrogen-bond acceptors (Lipinski definition) is 3. The van der Waals surface area contributed by atoms with Crippen molar-refractivity contribution >= 4 is 0 Å². The summed E-state index contributed by atoms with van der Waals surface area (Å²) in [6, 6.07) is 7.77. The number of para-hydroxylation sites is 1. The molecule has 1 aliphatic rings. The van der Waals surface area contributed by atoms with Crippen LogP contribution in [0.2, 0.25) is 0 Å². The number of benzene rings is 1. The van der Waals surface area contributed by atoms with Crippen molar-refractivity contribution in [3.8, 4) is 5.75 Å². The van der Waals surface area contributed by atoms with Crippen LogP contribution in [-0.4, -0.2) is 36.7 Å². The first kappa shape index (κ1) is 14.2. The van der Waals surface area contributed by atoms with Crippen LogP contribution >= 0.6 is 0 Å². The Kier molecular flexibility index (Phi) is 4.71. The molecule has 0 saturated carbocycles. The first-order valence-corrected chi connectivity index (χ1v) is 6.57. The SMILES string of the molecule is CC1CNCC(C)N1Cc1ccccc1OC(F)F. The van der Waals surface area contributed by atoms with Gasteiger partial charge in [-0.15, -0.1) is 0 Å². The zero-order valence-electron chi connectivity index (χ0n) is 11.3. The van der Waals surface area contributed by atoms with Crippen molar-refractivity contribution in [1.82, 2.24) is 10.2 Å². The highest BCUT2D eigenvalue weighted by molar-refractivity contribution is 5.33. The van der Waals surface area contributed by atoms with Crippen molar-refractivity contribution in [2.75, 3.05) is 13.1 Å². The lowest BCUT2D eigenvalue weighted by molar-refractivity contribution is -0.0510. The fourth-order valence-corrected chi connectivity index (χ4v) is 2.52. The van der Waals surface area contributed by atoms with E-state index in [-0.39, 0.29) is 5.75 Å². The van der Waals surface area contributed by atoms with E-state index in [0.717, 1.165) is 18.7 Å². The van der Waals surface area contributed by atoms with E-state index in [2.05, 4.69) is 28.8 Å². The third-order valence-electron chi connectivity index (χ3n) is 3.55.